The molecule has 0 aliphatic heterocycles. The first-order chi connectivity index (χ1) is 25.3. The molecule has 0 bridgehead atoms. The van der Waals surface area contributed by atoms with Crippen molar-refractivity contribution >= 4 is 33.7 Å². The van der Waals surface area contributed by atoms with Crippen LogP contribution in [-0.4, -0.2) is 83.6 Å². The molecule has 0 aliphatic rings. The summed E-state index contributed by atoms with van der Waals surface area (Å²) in [4.78, 5) is 45.9. The number of carbonyl (C=O) groups is 2. The second-order valence-electron chi connectivity index (χ2n) is 11.1. The fourth-order valence-electron chi connectivity index (χ4n) is 4.91. The number of rotatable bonds is 7. The van der Waals surface area contributed by atoms with E-state index in [0.29, 0.717) is 0 Å². The van der Waals surface area contributed by atoms with Gasteiger partial charge in [-0.2, -0.15) is 0 Å². The molecule has 0 amide bonds. The Labute approximate surface area is 295 Å². The van der Waals surface area contributed by atoms with Crippen molar-refractivity contribution in [3.63, 3.8) is 0 Å². The van der Waals surface area contributed by atoms with E-state index < -0.39 is 24.1 Å². The lowest BCUT2D eigenvalue weighted by Crippen LogP contribution is -2.39. The zero-order chi connectivity index (χ0) is 36.5. The van der Waals surface area contributed by atoms with Gasteiger partial charge >= 0.3 is 11.9 Å². The first-order valence-corrected chi connectivity index (χ1v) is 15.7. The molecule has 4 heterocycles. The van der Waals surface area contributed by atoms with Crippen LogP contribution in [0.3, 0.4) is 0 Å². The third-order valence-electron chi connectivity index (χ3n) is 7.60. The number of nitrogens with zero attached hydrogens (tertiary/aromatic N) is 8. The first kappa shape index (κ1) is 34.7. The maximum Gasteiger partial charge on any atom is 0.335 e. The van der Waals surface area contributed by atoms with Gasteiger partial charge in [0.1, 0.15) is 0 Å². The summed E-state index contributed by atoms with van der Waals surface area (Å²) in [5.41, 5.74) is 6.03. The van der Waals surface area contributed by atoms with E-state index in [0.717, 1.165) is 56.0 Å². The predicted molar refractivity (Wildman–Crippen MR) is 191 cm³/mol. The van der Waals surface area contributed by atoms with Gasteiger partial charge in [0.2, 0.25) is 0 Å². The Morgan fingerprint density at radius 2 is 0.962 bits per heavy atom. The van der Waals surface area contributed by atoms with E-state index in [1.54, 1.807) is 25.0 Å². The van der Waals surface area contributed by atoms with E-state index in [2.05, 4.69) is 42.0 Å². The van der Waals surface area contributed by atoms with E-state index in [9.17, 15) is 9.59 Å². The Hall–Kier alpha value is -7.16. The number of benzene rings is 4. The number of carboxylic acid groups (broad SMARTS) is 2. The lowest BCUT2D eigenvalue weighted by atomic mass is 10.2. The molecule has 2 atom stereocenters. The second kappa shape index (κ2) is 16.0. The Morgan fingerprint density at radius 1 is 0.558 bits per heavy atom. The molecular weight excluding hydrogens is 664 g/mol. The topological polar surface area (TPSA) is 202 Å². The maximum atomic E-state index is 9.77. The van der Waals surface area contributed by atoms with Crippen LogP contribution in [-0.2, 0) is 9.59 Å². The van der Waals surface area contributed by atoms with Gasteiger partial charge in [-0.15, -0.1) is 0 Å². The highest BCUT2D eigenvalue weighted by molar-refractivity contribution is 5.84. The minimum absolute atomic E-state index is 0.749. The lowest BCUT2D eigenvalue weighted by Gasteiger charge is -2.07. The molecule has 0 aliphatic carbocycles. The zero-order valence-corrected chi connectivity index (χ0v) is 27.2. The summed E-state index contributed by atoms with van der Waals surface area (Å²) in [6.07, 6.45) is 10.1. The van der Waals surface area contributed by atoms with E-state index >= 15 is 0 Å². The Balaban J connectivity index is 0.000000144. The average Bonchev–Trinajstić information content (AvgIpc) is 3.94. The van der Waals surface area contributed by atoms with E-state index in [-0.39, 0.29) is 0 Å². The van der Waals surface area contributed by atoms with Crippen molar-refractivity contribution in [3.8, 4) is 34.2 Å². The Morgan fingerprint density at radius 3 is 1.31 bits per heavy atom. The number of fused-ring (bicyclic) bond motifs is 2. The molecule has 0 saturated carbocycles. The fraction of sp³-hybridized carbons (Fsp3) is 0.0526. The molecular formula is C38H30N8O6. The third-order valence-corrected chi connectivity index (χ3v) is 7.60. The predicted octanol–water partition coefficient (Wildman–Crippen LogP) is 4.84. The van der Waals surface area contributed by atoms with E-state index in [1.165, 1.54) is 0 Å². The maximum absolute atomic E-state index is 9.77. The number of imidazole rings is 2. The van der Waals surface area contributed by atoms with Gasteiger partial charge in [-0.25, -0.2) is 39.5 Å². The summed E-state index contributed by atoms with van der Waals surface area (Å²) >= 11 is 0. The van der Waals surface area contributed by atoms with Gasteiger partial charge in [0.05, 0.1) is 23.7 Å². The summed E-state index contributed by atoms with van der Waals surface area (Å²) < 4.78 is 3.93. The highest BCUT2D eigenvalue weighted by Gasteiger charge is 2.29. The average molecular weight is 695 g/mol. The number of hydrogen-bond acceptors (Lipinski definition) is 10. The van der Waals surface area contributed by atoms with Gasteiger partial charge in [-0.05, 0) is 36.4 Å². The van der Waals surface area contributed by atoms with Gasteiger partial charge in [0.15, 0.2) is 23.9 Å². The first-order valence-electron chi connectivity index (χ1n) is 15.7. The van der Waals surface area contributed by atoms with Crippen molar-refractivity contribution in [2.75, 3.05) is 0 Å². The fourth-order valence-corrected chi connectivity index (χ4v) is 4.91. The van der Waals surface area contributed by atoms with Crippen LogP contribution in [0, 0.1) is 0 Å². The molecule has 52 heavy (non-hydrogen) atoms. The summed E-state index contributed by atoms with van der Waals surface area (Å²) in [6, 6.07) is 32.2. The minimum Gasteiger partial charge on any atom is -0.479 e. The Kier molecular flexibility index (Phi) is 10.7. The second-order valence-corrected chi connectivity index (χ2v) is 11.1. The van der Waals surface area contributed by atoms with Crippen molar-refractivity contribution in [2.45, 2.75) is 12.2 Å². The zero-order valence-electron chi connectivity index (χ0n) is 27.2. The molecule has 0 radical (unpaired) electrons. The van der Waals surface area contributed by atoms with Crippen LogP contribution in [0.15, 0.2) is 147 Å². The number of hydrogen-bond donors (Lipinski definition) is 4. The van der Waals surface area contributed by atoms with Crippen molar-refractivity contribution < 1.29 is 30.0 Å². The highest BCUT2D eigenvalue weighted by Crippen LogP contribution is 2.22. The van der Waals surface area contributed by atoms with Crippen molar-refractivity contribution in [3.05, 3.63) is 147 Å². The van der Waals surface area contributed by atoms with Gasteiger partial charge in [-0.3, -0.25) is 0 Å². The minimum atomic E-state index is -2.27. The number of carboxylic acids is 2. The number of aliphatic hydroxyl groups is 2. The molecule has 8 rings (SSSR count). The van der Waals surface area contributed by atoms with Gasteiger partial charge in [0, 0.05) is 70.5 Å². The molecule has 4 N–H and O–H groups in total. The third kappa shape index (κ3) is 8.34. The summed E-state index contributed by atoms with van der Waals surface area (Å²) in [5.74, 6) is -2.04. The molecule has 2 unspecified atom stereocenters. The summed E-state index contributed by atoms with van der Waals surface area (Å²) in [7, 11) is 0. The van der Waals surface area contributed by atoms with Crippen LogP contribution >= 0.6 is 0 Å². The molecule has 4 aromatic heterocycles. The van der Waals surface area contributed by atoms with Gasteiger partial charge in [-0.1, -0.05) is 60.7 Å². The molecule has 0 spiro atoms. The van der Waals surface area contributed by atoms with Crippen LogP contribution in [0.1, 0.15) is 0 Å². The summed E-state index contributed by atoms with van der Waals surface area (Å²) in [6.45, 7) is 0. The number of aliphatic hydroxyl groups excluding tert-OH is 2. The van der Waals surface area contributed by atoms with Gasteiger partial charge < -0.3 is 29.6 Å². The molecule has 258 valence electrons. The largest absolute Gasteiger partial charge is 0.479 e. The van der Waals surface area contributed by atoms with Crippen LogP contribution in [0.4, 0.5) is 0 Å². The normalized spacial score (nSPS) is 11.8. The molecule has 14 heteroatoms. The molecule has 0 saturated heterocycles. The van der Waals surface area contributed by atoms with Crippen molar-refractivity contribution in [1.29, 1.82) is 0 Å². The molecule has 0 fully saturated rings. The van der Waals surface area contributed by atoms with Crippen molar-refractivity contribution in [1.82, 2.24) is 39.0 Å². The molecule has 14 nitrogen and oxygen atoms in total. The monoisotopic (exact) mass is 694 g/mol. The van der Waals surface area contributed by atoms with Crippen LogP contribution < -0.4 is 0 Å². The standard InChI is InChI=1S/2C17H12N4.C4H6O6/c2*1-2-4-13(5-3-1)17-19-11-14-10-15(6-7-16(14)20-17)21-9-8-18-12-21;5-1(3(7)8)2(6)4(9)10/h2*1-12H;1-2,5-6H,(H,7,8)(H,9,10). The van der Waals surface area contributed by atoms with Crippen molar-refractivity contribution in [2.24, 2.45) is 0 Å². The smallest absolute Gasteiger partial charge is 0.335 e. The number of aliphatic carboxylic acids is 2. The lowest BCUT2D eigenvalue weighted by molar-refractivity contribution is -0.165. The molecule has 4 aromatic carbocycles. The Bertz CT molecular complexity index is 2240. The van der Waals surface area contributed by atoms with Crippen LogP contribution in [0.2, 0.25) is 0 Å². The van der Waals surface area contributed by atoms with Crippen LogP contribution in [0.5, 0.6) is 0 Å². The van der Waals surface area contributed by atoms with Crippen LogP contribution in [0.25, 0.3) is 56.0 Å². The van der Waals surface area contributed by atoms with Gasteiger partial charge in [0.25, 0.3) is 0 Å². The van der Waals surface area contributed by atoms with E-state index in [4.69, 9.17) is 20.4 Å². The summed E-state index contributed by atoms with van der Waals surface area (Å²) in [5, 5.41) is 34.6. The SMILES string of the molecule is O=C(O)C(O)C(O)C(=O)O.c1ccc(-c2ncc3cc(-n4ccnc4)ccc3n2)cc1.c1ccc(-c2ncc3cc(-n4ccnc4)ccc3n2)cc1. The quantitative estimate of drug-likeness (QED) is 0.177. The number of aromatic nitrogens is 8. The molecule has 8 aromatic rings. The highest BCUT2D eigenvalue weighted by atomic mass is 16.4. The van der Waals surface area contributed by atoms with E-state index in [1.807, 2.05) is 119 Å².